The minimum absolute atomic E-state index is 0.667. The van der Waals surface area contributed by atoms with Crippen LogP contribution >= 0.6 is 0 Å². The fraction of sp³-hybridized carbons (Fsp3) is 0.667. The van der Waals surface area contributed by atoms with Gasteiger partial charge in [0.1, 0.15) is 0 Å². The van der Waals surface area contributed by atoms with Crippen LogP contribution in [0.15, 0.2) is 23.5 Å². The van der Waals surface area contributed by atoms with E-state index in [0.29, 0.717) is 6.04 Å². The monoisotopic (exact) mass is 207 g/mol. The zero-order valence-electron chi connectivity index (χ0n) is 9.50. The molecule has 2 rings (SSSR count). The van der Waals surface area contributed by atoms with Crippen LogP contribution in [0, 0.1) is 0 Å². The van der Waals surface area contributed by atoms with Crippen molar-refractivity contribution in [2.45, 2.75) is 31.7 Å². The third-order valence-electron chi connectivity index (χ3n) is 3.29. The summed E-state index contributed by atoms with van der Waals surface area (Å²) in [5, 5.41) is 3.63. The second kappa shape index (κ2) is 4.71. The van der Waals surface area contributed by atoms with Gasteiger partial charge in [-0.3, -0.25) is 0 Å². The number of allylic oxidation sites excluding steroid dienone is 4. The largest absolute Gasteiger partial charge is 0.402 e. The highest BCUT2D eigenvalue weighted by molar-refractivity contribution is 5.21. The smallest absolute Gasteiger partial charge is 0.0282 e. The summed E-state index contributed by atoms with van der Waals surface area (Å²) in [7, 11) is 2.19. The van der Waals surface area contributed by atoms with Crippen LogP contribution in [-0.4, -0.2) is 31.1 Å². The predicted molar refractivity (Wildman–Crippen MR) is 63.2 cm³/mol. The van der Waals surface area contributed by atoms with Gasteiger partial charge < -0.3 is 16.0 Å². The summed E-state index contributed by atoms with van der Waals surface area (Å²) in [6.45, 7) is 2.42. The minimum atomic E-state index is 0.667. The molecule has 1 heterocycles. The number of nitrogens with one attached hydrogen (secondary N) is 1. The van der Waals surface area contributed by atoms with Gasteiger partial charge in [-0.15, -0.1) is 0 Å². The van der Waals surface area contributed by atoms with E-state index in [1.165, 1.54) is 31.6 Å². The van der Waals surface area contributed by atoms with Crippen molar-refractivity contribution in [2.75, 3.05) is 20.1 Å². The molecule has 3 heteroatoms. The Morgan fingerprint density at radius 1 is 1.27 bits per heavy atom. The van der Waals surface area contributed by atoms with Crippen molar-refractivity contribution >= 4 is 0 Å². The summed E-state index contributed by atoms with van der Waals surface area (Å²) in [4.78, 5) is 2.39. The predicted octanol–water partition coefficient (Wildman–Crippen LogP) is 1.19. The molecule has 0 aromatic heterocycles. The maximum atomic E-state index is 5.73. The highest BCUT2D eigenvalue weighted by Crippen LogP contribution is 2.16. The summed E-state index contributed by atoms with van der Waals surface area (Å²) in [6.07, 6.45) is 8.76. The number of hydrogen-bond acceptors (Lipinski definition) is 3. The molecule has 0 saturated carbocycles. The lowest BCUT2D eigenvalue weighted by Gasteiger charge is -2.31. The summed E-state index contributed by atoms with van der Waals surface area (Å²) < 4.78 is 0. The van der Waals surface area contributed by atoms with Crippen molar-refractivity contribution in [2.24, 2.45) is 5.73 Å². The fourth-order valence-electron chi connectivity index (χ4n) is 2.19. The van der Waals surface area contributed by atoms with E-state index >= 15 is 0 Å². The maximum absolute atomic E-state index is 5.73. The second-order valence-electron chi connectivity index (χ2n) is 4.66. The summed E-state index contributed by atoms with van der Waals surface area (Å²) in [6, 6.07) is 0.667. The number of nitrogens with zero attached hydrogens (tertiary/aromatic N) is 1. The molecular formula is C12H21N3. The molecule has 1 aliphatic heterocycles. The average molecular weight is 207 g/mol. The lowest BCUT2D eigenvalue weighted by atomic mass is 10.0. The Balaban J connectivity index is 1.82. The molecule has 1 fully saturated rings. The van der Waals surface area contributed by atoms with E-state index in [1.807, 2.05) is 6.08 Å². The molecule has 0 spiro atoms. The molecule has 0 unspecified atom stereocenters. The summed E-state index contributed by atoms with van der Waals surface area (Å²) >= 11 is 0. The van der Waals surface area contributed by atoms with Gasteiger partial charge >= 0.3 is 0 Å². The average Bonchev–Trinajstić information content (AvgIpc) is 2.25. The van der Waals surface area contributed by atoms with Gasteiger partial charge in [0.15, 0.2) is 0 Å². The third-order valence-corrected chi connectivity index (χ3v) is 3.29. The minimum Gasteiger partial charge on any atom is -0.402 e. The fourth-order valence-corrected chi connectivity index (χ4v) is 2.19. The molecule has 1 saturated heterocycles. The Bertz CT molecular complexity index is 273. The number of likely N-dealkylation sites (tertiary alicyclic amines) is 1. The molecule has 0 radical (unpaired) electrons. The van der Waals surface area contributed by atoms with Gasteiger partial charge in [0.05, 0.1) is 0 Å². The van der Waals surface area contributed by atoms with Crippen molar-refractivity contribution < 1.29 is 0 Å². The van der Waals surface area contributed by atoms with Gasteiger partial charge in [-0.25, -0.2) is 0 Å². The van der Waals surface area contributed by atoms with E-state index < -0.39 is 0 Å². The highest BCUT2D eigenvalue weighted by Gasteiger charge is 2.17. The topological polar surface area (TPSA) is 41.3 Å². The van der Waals surface area contributed by atoms with Crippen LogP contribution in [0.3, 0.4) is 0 Å². The Morgan fingerprint density at radius 2 is 2.00 bits per heavy atom. The van der Waals surface area contributed by atoms with Gasteiger partial charge in [-0.1, -0.05) is 0 Å². The number of rotatable bonds is 2. The SMILES string of the molecule is CN1CCC(NC2=CC=C(N)CC2)CC1. The summed E-state index contributed by atoms with van der Waals surface area (Å²) in [5.74, 6) is 0. The van der Waals surface area contributed by atoms with Crippen LogP contribution in [-0.2, 0) is 0 Å². The van der Waals surface area contributed by atoms with Crippen molar-refractivity contribution in [1.29, 1.82) is 0 Å². The Labute approximate surface area is 92.0 Å². The van der Waals surface area contributed by atoms with Crippen LogP contribution in [0.1, 0.15) is 25.7 Å². The lowest BCUT2D eigenvalue weighted by molar-refractivity contribution is 0.240. The molecule has 0 bridgehead atoms. The Kier molecular flexibility index (Phi) is 3.31. The van der Waals surface area contributed by atoms with Gasteiger partial charge in [-0.2, -0.15) is 0 Å². The molecule has 3 N–H and O–H groups in total. The molecular weight excluding hydrogens is 186 g/mol. The van der Waals surface area contributed by atoms with Crippen LogP contribution in [0.5, 0.6) is 0 Å². The number of hydrogen-bond donors (Lipinski definition) is 2. The first-order valence-corrected chi connectivity index (χ1v) is 5.84. The van der Waals surface area contributed by atoms with Crippen molar-refractivity contribution in [3.05, 3.63) is 23.5 Å². The van der Waals surface area contributed by atoms with Crippen LogP contribution < -0.4 is 11.1 Å². The molecule has 2 aliphatic rings. The zero-order valence-corrected chi connectivity index (χ0v) is 9.50. The molecule has 0 atom stereocenters. The highest BCUT2D eigenvalue weighted by atomic mass is 15.1. The first-order chi connectivity index (χ1) is 7.24. The van der Waals surface area contributed by atoms with E-state index in [2.05, 4.69) is 23.3 Å². The molecule has 3 nitrogen and oxygen atoms in total. The Hall–Kier alpha value is -0.960. The van der Waals surface area contributed by atoms with Crippen molar-refractivity contribution in [1.82, 2.24) is 10.2 Å². The van der Waals surface area contributed by atoms with E-state index in [4.69, 9.17) is 5.73 Å². The molecule has 15 heavy (non-hydrogen) atoms. The molecule has 0 aromatic carbocycles. The van der Waals surface area contributed by atoms with Gasteiger partial charge in [0.25, 0.3) is 0 Å². The zero-order chi connectivity index (χ0) is 10.7. The van der Waals surface area contributed by atoms with E-state index in [0.717, 1.165) is 18.5 Å². The van der Waals surface area contributed by atoms with Gasteiger partial charge in [0, 0.05) is 17.4 Å². The maximum Gasteiger partial charge on any atom is 0.0282 e. The van der Waals surface area contributed by atoms with Crippen LogP contribution in [0.4, 0.5) is 0 Å². The molecule has 1 aliphatic carbocycles. The van der Waals surface area contributed by atoms with Crippen LogP contribution in [0.2, 0.25) is 0 Å². The molecule has 84 valence electrons. The Morgan fingerprint density at radius 3 is 2.60 bits per heavy atom. The van der Waals surface area contributed by atoms with Crippen molar-refractivity contribution in [3.63, 3.8) is 0 Å². The molecule has 0 amide bonds. The van der Waals surface area contributed by atoms with Gasteiger partial charge in [-0.05, 0) is 58.0 Å². The van der Waals surface area contributed by atoms with Crippen LogP contribution in [0.25, 0.3) is 0 Å². The first-order valence-electron chi connectivity index (χ1n) is 5.84. The third kappa shape index (κ3) is 2.99. The lowest BCUT2D eigenvalue weighted by Crippen LogP contribution is -2.40. The normalized spacial score (nSPS) is 24.6. The quantitative estimate of drug-likeness (QED) is 0.714. The number of nitrogens with two attached hydrogens (primary N) is 1. The van der Waals surface area contributed by atoms with Gasteiger partial charge in [0.2, 0.25) is 0 Å². The number of piperidine rings is 1. The molecule has 0 aromatic rings. The summed E-state index contributed by atoms with van der Waals surface area (Å²) in [5.41, 5.74) is 8.09. The standard InChI is InChI=1S/C12H21N3/c1-15-8-6-12(7-9-15)14-11-4-2-10(13)3-5-11/h2,4,12,14H,3,5-9,13H2,1H3. The van der Waals surface area contributed by atoms with E-state index in [9.17, 15) is 0 Å². The van der Waals surface area contributed by atoms with Crippen molar-refractivity contribution in [3.8, 4) is 0 Å². The van der Waals surface area contributed by atoms with E-state index in [-0.39, 0.29) is 0 Å². The second-order valence-corrected chi connectivity index (χ2v) is 4.66. The van der Waals surface area contributed by atoms with E-state index in [1.54, 1.807) is 0 Å². The first kappa shape index (κ1) is 10.6.